The van der Waals surface area contributed by atoms with Crippen LogP contribution in [0, 0.1) is 5.92 Å². The lowest BCUT2D eigenvalue weighted by Gasteiger charge is -2.24. The van der Waals surface area contributed by atoms with E-state index in [0.29, 0.717) is 29.4 Å². The molecule has 0 spiro atoms. The number of alkyl halides is 3. The Morgan fingerprint density at radius 3 is 2.33 bits per heavy atom. The van der Waals surface area contributed by atoms with E-state index >= 15 is 0 Å². The van der Waals surface area contributed by atoms with Crippen molar-refractivity contribution in [1.29, 1.82) is 0 Å². The highest BCUT2D eigenvalue weighted by Crippen LogP contribution is 2.30. The van der Waals surface area contributed by atoms with Crippen LogP contribution in [0.5, 0.6) is 0 Å². The van der Waals surface area contributed by atoms with Gasteiger partial charge in [-0.05, 0) is 92.0 Å². The number of amides is 2. The summed E-state index contributed by atoms with van der Waals surface area (Å²) in [6, 6.07) is 17.8. The third kappa shape index (κ3) is 8.86. The van der Waals surface area contributed by atoms with Crippen molar-refractivity contribution in [2.24, 2.45) is 10.9 Å². The van der Waals surface area contributed by atoms with Crippen molar-refractivity contribution in [1.82, 2.24) is 5.32 Å². The fourth-order valence-corrected chi connectivity index (χ4v) is 4.65. The second-order valence-corrected chi connectivity index (χ2v) is 9.96. The van der Waals surface area contributed by atoms with E-state index in [-0.39, 0.29) is 17.5 Å². The molecular weight excluding hydrogens is 545 g/mol. The van der Waals surface area contributed by atoms with Crippen LogP contribution in [0.15, 0.2) is 83.9 Å². The smallest absolute Gasteiger partial charge is 0.381 e. The van der Waals surface area contributed by atoms with Gasteiger partial charge in [0.25, 0.3) is 0 Å². The van der Waals surface area contributed by atoms with Crippen LogP contribution in [0.4, 0.5) is 30.2 Å². The van der Waals surface area contributed by atoms with E-state index in [1.807, 2.05) is 0 Å². The fraction of sp³-hybridized carbons (Fsp3) is 0.281. The van der Waals surface area contributed by atoms with Crippen molar-refractivity contribution >= 4 is 41.7 Å². The first-order chi connectivity index (χ1) is 20.2. The zero-order valence-corrected chi connectivity index (χ0v) is 23.0. The van der Waals surface area contributed by atoms with Gasteiger partial charge in [-0.3, -0.25) is 14.6 Å². The maximum absolute atomic E-state index is 13.3. The molecule has 7 nitrogen and oxygen atoms in total. The fourth-order valence-electron chi connectivity index (χ4n) is 4.65. The Hall–Kier alpha value is -4.28. The Morgan fingerprint density at radius 2 is 1.67 bits per heavy atom. The van der Waals surface area contributed by atoms with E-state index in [0.717, 1.165) is 50.2 Å². The Morgan fingerprint density at radius 1 is 0.976 bits per heavy atom. The monoisotopic (exact) mass is 578 g/mol. The van der Waals surface area contributed by atoms with Gasteiger partial charge in [0, 0.05) is 25.0 Å². The number of halogens is 3. The first-order valence-electron chi connectivity index (χ1n) is 13.7. The molecule has 220 valence electrons. The molecule has 3 N–H and O–H groups in total. The van der Waals surface area contributed by atoms with Gasteiger partial charge in [0.1, 0.15) is 6.04 Å². The highest BCUT2D eigenvalue weighted by molar-refractivity contribution is 6.03. The van der Waals surface area contributed by atoms with Gasteiger partial charge in [-0.2, -0.15) is 13.2 Å². The molecule has 0 aliphatic carbocycles. The van der Waals surface area contributed by atoms with E-state index in [9.17, 15) is 22.8 Å². The number of ether oxygens (including phenoxy) is 1. The van der Waals surface area contributed by atoms with Crippen LogP contribution in [0.25, 0.3) is 6.08 Å². The molecule has 1 unspecified atom stereocenters. The minimum atomic E-state index is -4.46. The van der Waals surface area contributed by atoms with Crippen molar-refractivity contribution in [3.63, 3.8) is 0 Å². The summed E-state index contributed by atoms with van der Waals surface area (Å²) >= 11 is 0. The molecule has 10 heteroatoms. The molecule has 3 aromatic carbocycles. The third-order valence-corrected chi connectivity index (χ3v) is 7.01. The van der Waals surface area contributed by atoms with Gasteiger partial charge in [0.15, 0.2) is 0 Å². The molecule has 1 saturated heterocycles. The average Bonchev–Trinajstić information content (AvgIpc) is 2.99. The summed E-state index contributed by atoms with van der Waals surface area (Å²) in [6.07, 6.45) is 1.40. The molecule has 42 heavy (non-hydrogen) atoms. The number of aliphatic imine (C=N–C) groups is 1. The van der Waals surface area contributed by atoms with E-state index in [4.69, 9.17) is 4.74 Å². The Bertz CT molecular complexity index is 1380. The molecule has 0 bridgehead atoms. The van der Waals surface area contributed by atoms with Gasteiger partial charge in [-0.15, -0.1) is 0 Å². The van der Waals surface area contributed by atoms with Crippen LogP contribution in [0.1, 0.15) is 42.0 Å². The quantitative estimate of drug-likeness (QED) is 0.173. The van der Waals surface area contributed by atoms with E-state index < -0.39 is 17.8 Å². The van der Waals surface area contributed by atoms with Crippen LogP contribution in [-0.2, 0) is 20.5 Å². The number of nitrogens with zero attached hydrogens (tertiary/aromatic N) is 1. The van der Waals surface area contributed by atoms with Gasteiger partial charge in [0.05, 0.1) is 16.9 Å². The van der Waals surface area contributed by atoms with Crippen molar-refractivity contribution in [3.8, 4) is 0 Å². The second-order valence-electron chi connectivity index (χ2n) is 9.96. The van der Waals surface area contributed by atoms with Gasteiger partial charge < -0.3 is 20.7 Å². The first kappa shape index (κ1) is 30.7. The molecular formula is C32H33F3N4O3. The average molecular weight is 579 g/mol. The first-order valence-corrected chi connectivity index (χ1v) is 13.7. The van der Waals surface area contributed by atoms with Crippen LogP contribution in [-0.4, -0.2) is 38.3 Å². The minimum absolute atomic E-state index is 0.267. The summed E-state index contributed by atoms with van der Waals surface area (Å²) in [6.45, 7) is 5.55. The standard InChI is InChI=1S/C32H33F3N4O3/c1-36-27-4-2-3-5-28(27)39-29(40)15-8-22-6-9-24(10-7-22)30(37-19-16-23-17-20-42-21-18-23)31(41)38-26-13-11-25(12-14-26)32(33,34)35/h2-15,23,30,37H,1,16-21H2,(H,38,41)(H,39,40)/b15-8+. The third-order valence-electron chi connectivity index (χ3n) is 7.01. The highest BCUT2D eigenvalue weighted by Gasteiger charge is 2.30. The lowest BCUT2D eigenvalue weighted by molar-refractivity contribution is -0.137. The molecule has 3 aromatic rings. The lowest BCUT2D eigenvalue weighted by Crippen LogP contribution is -2.34. The van der Waals surface area contributed by atoms with Crippen LogP contribution < -0.4 is 16.0 Å². The predicted molar refractivity (Wildman–Crippen MR) is 159 cm³/mol. The zero-order valence-electron chi connectivity index (χ0n) is 23.0. The number of anilines is 2. The second kappa shape index (κ2) is 14.6. The van der Waals surface area contributed by atoms with Crippen molar-refractivity contribution in [3.05, 3.63) is 95.6 Å². The highest BCUT2D eigenvalue weighted by atomic mass is 19.4. The largest absolute Gasteiger partial charge is 0.416 e. The number of nitrogens with one attached hydrogen (secondary N) is 3. The normalized spacial score (nSPS) is 14.8. The van der Waals surface area contributed by atoms with Crippen molar-refractivity contribution in [2.75, 3.05) is 30.4 Å². The molecule has 2 amide bonds. The molecule has 0 aromatic heterocycles. The summed E-state index contributed by atoms with van der Waals surface area (Å²) in [5, 5.41) is 8.81. The van der Waals surface area contributed by atoms with Crippen LogP contribution in [0.3, 0.4) is 0 Å². The zero-order chi connectivity index (χ0) is 30.0. The number of carbonyl (C=O) groups excluding carboxylic acids is 2. The maximum atomic E-state index is 13.3. The summed E-state index contributed by atoms with van der Waals surface area (Å²) in [7, 11) is 0. The maximum Gasteiger partial charge on any atom is 0.416 e. The molecule has 0 radical (unpaired) electrons. The van der Waals surface area contributed by atoms with E-state index in [2.05, 4.69) is 27.7 Å². The summed E-state index contributed by atoms with van der Waals surface area (Å²) in [5.41, 5.74) is 2.01. The molecule has 1 aliphatic heterocycles. The van der Waals surface area contributed by atoms with Gasteiger partial charge in [-0.25, -0.2) is 0 Å². The number of rotatable bonds is 11. The van der Waals surface area contributed by atoms with Gasteiger partial charge in [-0.1, -0.05) is 36.4 Å². The SMILES string of the molecule is C=Nc1ccccc1NC(=O)/C=C/c1ccc(C(NCCC2CCOCC2)C(=O)Nc2ccc(C(F)(F)F)cc2)cc1. The Balaban J connectivity index is 1.43. The summed E-state index contributed by atoms with van der Waals surface area (Å²) in [4.78, 5) is 29.6. The lowest BCUT2D eigenvalue weighted by atomic mass is 9.96. The topological polar surface area (TPSA) is 91.8 Å². The number of para-hydroxylation sites is 2. The van der Waals surface area contributed by atoms with E-state index in [1.165, 1.54) is 18.2 Å². The molecule has 1 aliphatic rings. The summed E-state index contributed by atoms with van der Waals surface area (Å²) < 4.78 is 44.3. The molecule has 1 fully saturated rings. The van der Waals surface area contributed by atoms with Crippen molar-refractivity contribution in [2.45, 2.75) is 31.5 Å². The Kier molecular flexibility index (Phi) is 10.6. The van der Waals surface area contributed by atoms with Crippen molar-refractivity contribution < 1.29 is 27.5 Å². The summed E-state index contributed by atoms with van der Waals surface area (Å²) in [5.74, 6) is -0.226. The van der Waals surface area contributed by atoms with Crippen LogP contribution >= 0.6 is 0 Å². The van der Waals surface area contributed by atoms with Gasteiger partial charge >= 0.3 is 6.18 Å². The number of hydrogen-bond acceptors (Lipinski definition) is 5. The van der Waals surface area contributed by atoms with Gasteiger partial charge in [0.2, 0.25) is 11.8 Å². The molecule has 1 atom stereocenters. The van der Waals surface area contributed by atoms with Crippen LogP contribution in [0.2, 0.25) is 0 Å². The molecule has 0 saturated carbocycles. The number of hydrogen-bond donors (Lipinski definition) is 3. The Labute approximate surface area is 242 Å². The molecule has 4 rings (SSSR count). The number of carbonyl (C=O) groups is 2. The minimum Gasteiger partial charge on any atom is -0.381 e. The molecule has 1 heterocycles. The van der Waals surface area contributed by atoms with E-state index in [1.54, 1.807) is 54.6 Å². The predicted octanol–water partition coefficient (Wildman–Crippen LogP) is 6.78. The number of benzene rings is 3.